The van der Waals surface area contributed by atoms with Gasteiger partial charge in [-0.3, -0.25) is 4.79 Å². The molecule has 0 N–H and O–H groups in total. The molecule has 0 atom stereocenters. The molecule has 88 valence electrons. The van der Waals surface area contributed by atoms with E-state index in [9.17, 15) is 4.79 Å². The van der Waals surface area contributed by atoms with Gasteiger partial charge in [-0.15, -0.1) is 0 Å². The molecule has 0 unspecified atom stereocenters. The fraction of sp³-hybridized carbons (Fsp3) is 0.667. The third-order valence-corrected chi connectivity index (χ3v) is 3.41. The lowest BCUT2D eigenvalue weighted by atomic mass is 9.84. The molecule has 1 aliphatic carbocycles. The Balaban J connectivity index is 2.01. The maximum Gasteiger partial charge on any atom is 0.225 e. The number of amides is 1. The van der Waals surface area contributed by atoms with Gasteiger partial charge in [0, 0.05) is 18.5 Å². The lowest BCUT2D eigenvalue weighted by Crippen LogP contribution is -2.35. The van der Waals surface area contributed by atoms with E-state index in [1.165, 1.54) is 6.42 Å². The Morgan fingerprint density at radius 3 is 2.62 bits per heavy atom. The van der Waals surface area contributed by atoms with Gasteiger partial charge in [-0.1, -0.05) is 11.6 Å². The first-order valence-electron chi connectivity index (χ1n) is 5.76. The van der Waals surface area contributed by atoms with E-state index in [1.807, 2.05) is 20.9 Å². The van der Waals surface area contributed by atoms with Crippen molar-refractivity contribution in [2.24, 2.45) is 5.92 Å². The van der Waals surface area contributed by atoms with Gasteiger partial charge >= 0.3 is 0 Å². The highest BCUT2D eigenvalue weighted by atomic mass is 16.5. The van der Waals surface area contributed by atoms with Crippen molar-refractivity contribution in [1.82, 2.24) is 10.1 Å². The number of rotatable bonds is 3. The van der Waals surface area contributed by atoms with E-state index in [0.717, 1.165) is 29.9 Å². The van der Waals surface area contributed by atoms with Gasteiger partial charge < -0.3 is 9.42 Å². The first-order chi connectivity index (χ1) is 7.59. The van der Waals surface area contributed by atoms with Gasteiger partial charge in [0.05, 0.1) is 12.2 Å². The van der Waals surface area contributed by atoms with E-state index >= 15 is 0 Å². The first-order valence-corrected chi connectivity index (χ1v) is 5.76. The van der Waals surface area contributed by atoms with Gasteiger partial charge in [-0.2, -0.15) is 0 Å². The first kappa shape index (κ1) is 11.2. The number of aromatic nitrogens is 1. The summed E-state index contributed by atoms with van der Waals surface area (Å²) in [6.07, 6.45) is 3.28. The van der Waals surface area contributed by atoms with Crippen LogP contribution in [0.5, 0.6) is 0 Å². The summed E-state index contributed by atoms with van der Waals surface area (Å²) >= 11 is 0. The SMILES string of the molecule is Cc1noc(C)c1CN(C)C(=O)C1CCC1. The van der Waals surface area contributed by atoms with E-state index < -0.39 is 0 Å². The molecule has 0 aliphatic heterocycles. The summed E-state index contributed by atoms with van der Waals surface area (Å²) in [6.45, 7) is 4.40. The molecule has 16 heavy (non-hydrogen) atoms. The fourth-order valence-corrected chi connectivity index (χ4v) is 2.01. The minimum absolute atomic E-state index is 0.255. The van der Waals surface area contributed by atoms with Crippen LogP contribution >= 0.6 is 0 Å². The molecule has 1 aromatic rings. The third-order valence-electron chi connectivity index (χ3n) is 3.41. The molecule has 1 aliphatic rings. The maximum atomic E-state index is 11.9. The van der Waals surface area contributed by atoms with Gasteiger partial charge in [-0.25, -0.2) is 0 Å². The Morgan fingerprint density at radius 2 is 2.19 bits per heavy atom. The average molecular weight is 222 g/mol. The quantitative estimate of drug-likeness (QED) is 0.786. The van der Waals surface area contributed by atoms with Crippen LogP contribution in [-0.2, 0) is 11.3 Å². The van der Waals surface area contributed by atoms with Gasteiger partial charge in [0.1, 0.15) is 5.76 Å². The van der Waals surface area contributed by atoms with Gasteiger partial charge in [0.2, 0.25) is 5.91 Å². The van der Waals surface area contributed by atoms with Crippen molar-refractivity contribution in [2.75, 3.05) is 7.05 Å². The van der Waals surface area contributed by atoms with Gasteiger partial charge in [-0.05, 0) is 26.7 Å². The average Bonchev–Trinajstić information content (AvgIpc) is 2.46. The van der Waals surface area contributed by atoms with E-state index in [2.05, 4.69) is 5.16 Å². The predicted octanol–water partition coefficient (Wildman–Crippen LogP) is 2.05. The molecule has 2 rings (SSSR count). The Hall–Kier alpha value is -1.32. The Morgan fingerprint density at radius 1 is 1.50 bits per heavy atom. The largest absolute Gasteiger partial charge is 0.361 e. The number of hydrogen-bond donors (Lipinski definition) is 0. The summed E-state index contributed by atoms with van der Waals surface area (Å²) in [6, 6.07) is 0. The lowest BCUT2D eigenvalue weighted by Gasteiger charge is -2.29. The number of hydrogen-bond acceptors (Lipinski definition) is 3. The summed E-state index contributed by atoms with van der Waals surface area (Å²) in [5.41, 5.74) is 1.92. The molecule has 0 spiro atoms. The monoisotopic (exact) mass is 222 g/mol. The zero-order chi connectivity index (χ0) is 11.7. The highest BCUT2D eigenvalue weighted by Gasteiger charge is 2.28. The third kappa shape index (κ3) is 1.96. The second-order valence-electron chi connectivity index (χ2n) is 4.62. The van der Waals surface area contributed by atoms with E-state index in [-0.39, 0.29) is 11.8 Å². The molecule has 4 nitrogen and oxygen atoms in total. The van der Waals surface area contributed by atoms with Crippen molar-refractivity contribution < 1.29 is 9.32 Å². The second kappa shape index (κ2) is 4.28. The molecule has 0 radical (unpaired) electrons. The summed E-state index contributed by atoms with van der Waals surface area (Å²) in [5.74, 6) is 1.32. The summed E-state index contributed by atoms with van der Waals surface area (Å²) in [5, 5.41) is 3.89. The second-order valence-corrected chi connectivity index (χ2v) is 4.62. The van der Waals surface area contributed by atoms with Crippen LogP contribution in [0.3, 0.4) is 0 Å². The highest BCUT2D eigenvalue weighted by molar-refractivity contribution is 5.79. The van der Waals surface area contributed by atoms with Crippen LogP contribution in [0.4, 0.5) is 0 Å². The maximum absolute atomic E-state index is 11.9. The van der Waals surface area contributed by atoms with Crippen LogP contribution in [0.2, 0.25) is 0 Å². The van der Waals surface area contributed by atoms with E-state index in [4.69, 9.17) is 4.52 Å². The molecular formula is C12H18N2O2. The molecule has 1 amide bonds. The smallest absolute Gasteiger partial charge is 0.225 e. The van der Waals surface area contributed by atoms with Crippen LogP contribution in [-0.4, -0.2) is 23.0 Å². The minimum atomic E-state index is 0.255. The zero-order valence-corrected chi connectivity index (χ0v) is 10.1. The van der Waals surface area contributed by atoms with Crippen molar-refractivity contribution >= 4 is 5.91 Å². The molecule has 1 heterocycles. The van der Waals surface area contributed by atoms with Crippen LogP contribution in [0.1, 0.15) is 36.3 Å². The van der Waals surface area contributed by atoms with Crippen LogP contribution < -0.4 is 0 Å². The number of carbonyl (C=O) groups is 1. The van der Waals surface area contributed by atoms with Crippen LogP contribution in [0.15, 0.2) is 4.52 Å². The number of aryl methyl sites for hydroxylation is 2. The van der Waals surface area contributed by atoms with Crippen molar-refractivity contribution in [3.8, 4) is 0 Å². The molecule has 0 aromatic carbocycles. The van der Waals surface area contributed by atoms with Crippen LogP contribution in [0.25, 0.3) is 0 Å². The Labute approximate surface area is 95.6 Å². The van der Waals surface area contributed by atoms with Gasteiger partial charge in [0.15, 0.2) is 0 Å². The van der Waals surface area contributed by atoms with Crippen molar-refractivity contribution in [3.05, 3.63) is 17.0 Å². The summed E-state index contributed by atoms with van der Waals surface area (Å²) < 4.78 is 5.09. The Kier molecular flexibility index (Phi) is 2.99. The predicted molar refractivity (Wildman–Crippen MR) is 59.8 cm³/mol. The van der Waals surface area contributed by atoms with Gasteiger partial charge in [0.25, 0.3) is 0 Å². The molecule has 1 aromatic heterocycles. The van der Waals surface area contributed by atoms with Crippen molar-refractivity contribution in [1.29, 1.82) is 0 Å². The number of carbonyl (C=O) groups excluding carboxylic acids is 1. The minimum Gasteiger partial charge on any atom is -0.361 e. The molecule has 0 bridgehead atoms. The standard InChI is InChI=1S/C12H18N2O2/c1-8-11(9(2)16-13-8)7-14(3)12(15)10-5-4-6-10/h10H,4-7H2,1-3H3. The molecule has 4 heteroatoms. The lowest BCUT2D eigenvalue weighted by molar-refractivity contribution is -0.137. The van der Waals surface area contributed by atoms with Crippen molar-refractivity contribution in [3.63, 3.8) is 0 Å². The summed E-state index contributed by atoms with van der Waals surface area (Å²) in [4.78, 5) is 13.7. The highest BCUT2D eigenvalue weighted by Crippen LogP contribution is 2.28. The zero-order valence-electron chi connectivity index (χ0n) is 10.1. The van der Waals surface area contributed by atoms with Crippen molar-refractivity contribution in [2.45, 2.75) is 39.7 Å². The molecule has 1 fully saturated rings. The molecule has 1 saturated carbocycles. The summed E-state index contributed by atoms with van der Waals surface area (Å²) in [7, 11) is 1.85. The van der Waals surface area contributed by atoms with E-state index in [0.29, 0.717) is 6.54 Å². The fourth-order valence-electron chi connectivity index (χ4n) is 2.01. The van der Waals surface area contributed by atoms with E-state index in [1.54, 1.807) is 4.90 Å². The van der Waals surface area contributed by atoms with Crippen LogP contribution in [0, 0.1) is 19.8 Å². The normalized spacial score (nSPS) is 15.9. The molecule has 0 saturated heterocycles. The molecular weight excluding hydrogens is 204 g/mol. The topological polar surface area (TPSA) is 46.3 Å². The number of nitrogens with zero attached hydrogens (tertiary/aromatic N) is 2. The Bertz CT molecular complexity index is 374.